The quantitative estimate of drug-likeness (QED) is 0.743. The van der Waals surface area contributed by atoms with Gasteiger partial charge in [-0.15, -0.1) is 0 Å². The summed E-state index contributed by atoms with van der Waals surface area (Å²) in [5, 5.41) is 0.878. The van der Waals surface area contributed by atoms with Gasteiger partial charge in [0.15, 0.2) is 0 Å². The molecule has 1 aliphatic rings. The summed E-state index contributed by atoms with van der Waals surface area (Å²) in [6.07, 6.45) is 0. The lowest BCUT2D eigenvalue weighted by atomic mass is 9.98. The Kier molecular flexibility index (Phi) is 2.73. The molecule has 1 heterocycles. The maximum atomic E-state index is 13.4. The van der Waals surface area contributed by atoms with Gasteiger partial charge in [-0.2, -0.15) is 11.8 Å². The lowest BCUT2D eigenvalue weighted by Crippen LogP contribution is -2.27. The Bertz CT molecular complexity index is 369. The van der Waals surface area contributed by atoms with E-state index in [1.165, 1.54) is 6.07 Å². The molecule has 1 aromatic rings. The van der Waals surface area contributed by atoms with Crippen LogP contribution in [-0.4, -0.2) is 5.25 Å². The van der Waals surface area contributed by atoms with Gasteiger partial charge in [0, 0.05) is 27.6 Å². The predicted octanol–water partition coefficient (Wildman–Crippen LogP) is 3.11. The van der Waals surface area contributed by atoms with Crippen LogP contribution in [0.3, 0.4) is 0 Å². The highest BCUT2D eigenvalue weighted by atomic mass is 35.5. The average molecular weight is 232 g/mol. The molecule has 4 heteroatoms. The van der Waals surface area contributed by atoms with Crippen LogP contribution < -0.4 is 5.73 Å². The molecule has 0 spiro atoms. The Morgan fingerprint density at radius 3 is 3.00 bits per heavy atom. The number of fused-ring (bicyclic) bond motifs is 1. The highest BCUT2D eigenvalue weighted by molar-refractivity contribution is 7.99. The first-order valence-corrected chi connectivity index (χ1v) is 5.88. The monoisotopic (exact) mass is 231 g/mol. The third-order valence-electron chi connectivity index (χ3n) is 2.58. The molecule has 2 rings (SSSR count). The van der Waals surface area contributed by atoms with Gasteiger partial charge in [0.25, 0.3) is 0 Å². The molecule has 14 heavy (non-hydrogen) atoms. The number of benzene rings is 1. The largest absolute Gasteiger partial charge is 0.323 e. The summed E-state index contributed by atoms with van der Waals surface area (Å²) in [5.74, 6) is 0.468. The van der Waals surface area contributed by atoms with Crippen LogP contribution >= 0.6 is 23.4 Å². The third-order valence-corrected chi connectivity index (χ3v) is 4.18. The third kappa shape index (κ3) is 1.53. The van der Waals surface area contributed by atoms with Crippen molar-refractivity contribution in [3.8, 4) is 0 Å². The molecule has 0 saturated carbocycles. The van der Waals surface area contributed by atoms with E-state index in [2.05, 4.69) is 0 Å². The van der Waals surface area contributed by atoms with Gasteiger partial charge in [0.1, 0.15) is 5.82 Å². The molecular weight excluding hydrogens is 221 g/mol. The molecule has 76 valence electrons. The molecule has 2 atom stereocenters. The molecule has 0 saturated heterocycles. The number of nitrogens with two attached hydrogens (primary N) is 1. The van der Waals surface area contributed by atoms with Crippen molar-refractivity contribution >= 4 is 23.4 Å². The Balaban J connectivity index is 2.58. The van der Waals surface area contributed by atoms with Crippen molar-refractivity contribution in [2.24, 2.45) is 5.73 Å². The van der Waals surface area contributed by atoms with Crippen molar-refractivity contribution in [3.05, 3.63) is 34.1 Å². The van der Waals surface area contributed by atoms with Gasteiger partial charge in [-0.25, -0.2) is 4.39 Å². The minimum Gasteiger partial charge on any atom is -0.323 e. The first-order valence-electron chi connectivity index (χ1n) is 4.45. The first-order chi connectivity index (χ1) is 6.61. The summed E-state index contributed by atoms with van der Waals surface area (Å²) in [7, 11) is 0. The fourth-order valence-corrected chi connectivity index (χ4v) is 3.04. The Hall–Kier alpha value is -0.250. The van der Waals surface area contributed by atoms with Crippen LogP contribution in [0.2, 0.25) is 5.02 Å². The van der Waals surface area contributed by atoms with Gasteiger partial charge < -0.3 is 5.73 Å². The van der Waals surface area contributed by atoms with E-state index < -0.39 is 0 Å². The molecule has 2 unspecified atom stereocenters. The average Bonchev–Trinajstić information content (AvgIpc) is 2.16. The van der Waals surface area contributed by atoms with E-state index in [1.807, 2.05) is 6.92 Å². The second kappa shape index (κ2) is 3.72. The lowest BCUT2D eigenvalue weighted by Gasteiger charge is -2.29. The fraction of sp³-hybridized carbons (Fsp3) is 0.400. The SMILES string of the molecule is CC1SCc2c(F)ccc(Cl)c2C1N. The summed E-state index contributed by atoms with van der Waals surface area (Å²) >= 11 is 7.69. The van der Waals surface area contributed by atoms with E-state index in [4.69, 9.17) is 17.3 Å². The number of thioether (sulfide) groups is 1. The van der Waals surface area contributed by atoms with Crippen LogP contribution in [0.5, 0.6) is 0 Å². The van der Waals surface area contributed by atoms with Gasteiger partial charge in [-0.1, -0.05) is 18.5 Å². The molecule has 1 nitrogen and oxygen atoms in total. The summed E-state index contributed by atoms with van der Waals surface area (Å²) < 4.78 is 13.4. The number of rotatable bonds is 0. The van der Waals surface area contributed by atoms with Crippen molar-refractivity contribution in [3.63, 3.8) is 0 Å². The lowest BCUT2D eigenvalue weighted by molar-refractivity contribution is 0.600. The molecule has 0 fully saturated rings. The molecule has 1 aliphatic heterocycles. The van der Waals surface area contributed by atoms with Crippen molar-refractivity contribution in [1.29, 1.82) is 0 Å². The summed E-state index contributed by atoms with van der Waals surface area (Å²) in [6.45, 7) is 2.04. The van der Waals surface area contributed by atoms with Crippen LogP contribution in [-0.2, 0) is 5.75 Å². The van der Waals surface area contributed by atoms with Crippen molar-refractivity contribution in [1.82, 2.24) is 0 Å². The topological polar surface area (TPSA) is 26.0 Å². The zero-order valence-corrected chi connectivity index (χ0v) is 9.33. The predicted molar refractivity (Wildman–Crippen MR) is 59.1 cm³/mol. The fourth-order valence-electron chi connectivity index (χ4n) is 1.67. The second-order valence-corrected chi connectivity index (χ2v) is 5.24. The summed E-state index contributed by atoms with van der Waals surface area (Å²) in [5.41, 5.74) is 7.45. The normalized spacial score (nSPS) is 26.0. The Morgan fingerprint density at radius 2 is 2.29 bits per heavy atom. The summed E-state index contributed by atoms with van der Waals surface area (Å²) in [6, 6.07) is 2.83. The van der Waals surface area contributed by atoms with Gasteiger partial charge in [-0.3, -0.25) is 0 Å². The minimum atomic E-state index is -0.195. The highest BCUT2D eigenvalue weighted by Crippen LogP contribution is 2.40. The molecule has 0 aliphatic carbocycles. The van der Waals surface area contributed by atoms with E-state index in [1.54, 1.807) is 17.8 Å². The van der Waals surface area contributed by atoms with Crippen LogP contribution in [0.15, 0.2) is 12.1 Å². The Labute approximate surface area is 91.8 Å². The van der Waals surface area contributed by atoms with Gasteiger partial charge in [-0.05, 0) is 17.7 Å². The molecule has 2 N–H and O–H groups in total. The number of hydrogen-bond acceptors (Lipinski definition) is 2. The first kappa shape index (κ1) is 10.3. The van der Waals surface area contributed by atoms with E-state index in [0.717, 1.165) is 5.56 Å². The second-order valence-electron chi connectivity index (χ2n) is 3.46. The van der Waals surface area contributed by atoms with E-state index in [9.17, 15) is 4.39 Å². The number of halogens is 2. The van der Waals surface area contributed by atoms with Gasteiger partial charge in [0.05, 0.1) is 0 Å². The number of hydrogen-bond donors (Lipinski definition) is 1. The molecule has 0 amide bonds. The zero-order chi connectivity index (χ0) is 10.3. The molecular formula is C10H11ClFNS. The zero-order valence-electron chi connectivity index (χ0n) is 7.76. The van der Waals surface area contributed by atoms with Crippen LogP contribution in [0, 0.1) is 5.82 Å². The van der Waals surface area contributed by atoms with Crippen molar-refractivity contribution < 1.29 is 4.39 Å². The molecule has 0 aromatic heterocycles. The van der Waals surface area contributed by atoms with Crippen LogP contribution in [0.25, 0.3) is 0 Å². The standard InChI is InChI=1S/C10H11ClFNS/c1-5-10(13)9-6(4-14-5)8(12)3-2-7(9)11/h2-3,5,10H,4,13H2,1H3. The maximum absolute atomic E-state index is 13.4. The van der Waals surface area contributed by atoms with Crippen LogP contribution in [0.1, 0.15) is 24.1 Å². The van der Waals surface area contributed by atoms with Gasteiger partial charge in [0.2, 0.25) is 0 Å². The van der Waals surface area contributed by atoms with E-state index in [-0.39, 0.29) is 11.9 Å². The van der Waals surface area contributed by atoms with Gasteiger partial charge >= 0.3 is 0 Å². The molecule has 1 aromatic carbocycles. The van der Waals surface area contributed by atoms with Crippen LogP contribution in [0.4, 0.5) is 4.39 Å². The smallest absolute Gasteiger partial charge is 0.127 e. The maximum Gasteiger partial charge on any atom is 0.127 e. The van der Waals surface area contributed by atoms with Crippen molar-refractivity contribution in [2.75, 3.05) is 0 Å². The molecule has 0 bridgehead atoms. The van der Waals surface area contributed by atoms with E-state index >= 15 is 0 Å². The van der Waals surface area contributed by atoms with E-state index in [0.29, 0.717) is 21.6 Å². The Morgan fingerprint density at radius 1 is 1.57 bits per heavy atom. The molecule has 0 radical (unpaired) electrons. The summed E-state index contributed by atoms with van der Waals surface area (Å²) in [4.78, 5) is 0. The highest BCUT2D eigenvalue weighted by Gasteiger charge is 2.28. The minimum absolute atomic E-state index is 0.160. The van der Waals surface area contributed by atoms with Crippen molar-refractivity contribution in [2.45, 2.75) is 24.0 Å².